The van der Waals surface area contributed by atoms with E-state index in [-0.39, 0.29) is 18.3 Å². The monoisotopic (exact) mass is 377 g/mol. The Balaban J connectivity index is 1.27. The number of likely N-dealkylation sites (tertiary alicyclic amines) is 1. The molecule has 3 aromatic heterocycles. The number of piperidine rings is 1. The fourth-order valence-electron chi connectivity index (χ4n) is 4.07. The third kappa shape index (κ3) is 2.93. The number of pyridine rings is 1. The fraction of sp³-hybridized carbons (Fsp3) is 0.286. The highest BCUT2D eigenvalue weighted by Gasteiger charge is 2.27. The maximum Gasteiger partial charge on any atom is 0.242 e. The molecule has 5 rings (SSSR count). The lowest BCUT2D eigenvalue weighted by Gasteiger charge is -2.31. The molecule has 0 saturated carbocycles. The highest BCUT2D eigenvalue weighted by atomic mass is 19.1. The minimum absolute atomic E-state index is 0.0614. The number of hydrogen-bond donors (Lipinski definition) is 0. The number of hydrogen-bond acceptors (Lipinski definition) is 3. The first kappa shape index (κ1) is 16.9. The maximum atomic E-state index is 13.6. The van der Waals surface area contributed by atoms with E-state index in [1.807, 2.05) is 50.5 Å². The van der Waals surface area contributed by atoms with Gasteiger partial charge in [-0.15, -0.1) is 10.2 Å². The van der Waals surface area contributed by atoms with Crippen LogP contribution in [-0.4, -0.2) is 43.1 Å². The van der Waals surface area contributed by atoms with E-state index in [0.717, 1.165) is 35.2 Å². The topological polar surface area (TPSA) is 55.4 Å². The van der Waals surface area contributed by atoms with Crippen LogP contribution in [0.2, 0.25) is 0 Å². The molecule has 28 heavy (non-hydrogen) atoms. The van der Waals surface area contributed by atoms with Crippen molar-refractivity contribution in [1.29, 1.82) is 0 Å². The van der Waals surface area contributed by atoms with Gasteiger partial charge in [0, 0.05) is 31.4 Å². The summed E-state index contributed by atoms with van der Waals surface area (Å²) >= 11 is 0. The van der Waals surface area contributed by atoms with Crippen molar-refractivity contribution in [2.75, 3.05) is 13.1 Å². The summed E-state index contributed by atoms with van der Waals surface area (Å²) in [5.74, 6) is 1.03. The summed E-state index contributed by atoms with van der Waals surface area (Å²) in [6.07, 6.45) is 5.56. The maximum absolute atomic E-state index is 13.6. The largest absolute Gasteiger partial charge is 0.341 e. The van der Waals surface area contributed by atoms with Crippen molar-refractivity contribution in [3.63, 3.8) is 0 Å². The third-order valence-electron chi connectivity index (χ3n) is 5.59. The standard InChI is InChI=1S/C21H20FN5O/c22-17-5-4-15-6-12-26(18(15)13-17)14-20(28)25-10-7-16(8-11-25)21-24-23-19-3-1-2-9-27(19)21/h1-6,9,12-13,16H,7-8,10-11,14H2. The van der Waals surface area contributed by atoms with Crippen LogP contribution in [0.15, 0.2) is 54.9 Å². The quantitative estimate of drug-likeness (QED) is 0.551. The van der Waals surface area contributed by atoms with Gasteiger partial charge in [-0.3, -0.25) is 9.20 Å². The van der Waals surface area contributed by atoms with Crippen molar-refractivity contribution in [2.45, 2.75) is 25.3 Å². The van der Waals surface area contributed by atoms with Gasteiger partial charge >= 0.3 is 0 Å². The molecule has 0 aliphatic carbocycles. The highest BCUT2D eigenvalue weighted by Crippen LogP contribution is 2.27. The van der Waals surface area contributed by atoms with Gasteiger partial charge in [0.2, 0.25) is 5.91 Å². The van der Waals surface area contributed by atoms with Crippen LogP contribution >= 0.6 is 0 Å². The minimum Gasteiger partial charge on any atom is -0.341 e. The van der Waals surface area contributed by atoms with Crippen molar-refractivity contribution < 1.29 is 9.18 Å². The number of nitrogens with zero attached hydrogens (tertiary/aromatic N) is 5. The number of benzene rings is 1. The van der Waals surface area contributed by atoms with Gasteiger partial charge in [0.05, 0.1) is 5.52 Å². The summed E-state index contributed by atoms with van der Waals surface area (Å²) in [5.41, 5.74) is 1.60. The number of amides is 1. The van der Waals surface area contributed by atoms with E-state index in [1.165, 1.54) is 12.1 Å². The molecule has 4 heterocycles. The molecule has 0 atom stereocenters. The van der Waals surface area contributed by atoms with Crippen molar-refractivity contribution in [2.24, 2.45) is 0 Å². The van der Waals surface area contributed by atoms with Crippen LogP contribution in [0.1, 0.15) is 24.6 Å². The Bertz CT molecular complexity index is 1160. The Hall–Kier alpha value is -3.22. The van der Waals surface area contributed by atoms with E-state index in [1.54, 1.807) is 6.07 Å². The SMILES string of the molecule is O=C(Cn1ccc2ccc(F)cc21)N1CCC(c2nnc3ccccn23)CC1. The predicted octanol–water partition coefficient (Wildman–Crippen LogP) is 3.23. The Morgan fingerprint density at radius 1 is 1.07 bits per heavy atom. The van der Waals surface area contributed by atoms with Crippen LogP contribution < -0.4 is 0 Å². The second-order valence-corrected chi connectivity index (χ2v) is 7.29. The first-order chi connectivity index (χ1) is 13.7. The number of rotatable bonds is 3. The zero-order valence-corrected chi connectivity index (χ0v) is 15.3. The number of fused-ring (bicyclic) bond motifs is 2. The molecule has 1 amide bonds. The van der Waals surface area contributed by atoms with Crippen LogP contribution in [0.25, 0.3) is 16.6 Å². The molecule has 1 aliphatic rings. The van der Waals surface area contributed by atoms with Gasteiger partial charge in [-0.05, 0) is 54.6 Å². The zero-order valence-electron chi connectivity index (χ0n) is 15.3. The molecule has 1 aromatic carbocycles. The molecule has 1 aliphatic heterocycles. The Morgan fingerprint density at radius 2 is 1.93 bits per heavy atom. The van der Waals surface area contributed by atoms with E-state index >= 15 is 0 Å². The summed E-state index contributed by atoms with van der Waals surface area (Å²) in [7, 11) is 0. The van der Waals surface area contributed by atoms with Crippen molar-refractivity contribution >= 4 is 22.5 Å². The highest BCUT2D eigenvalue weighted by molar-refractivity contribution is 5.83. The zero-order chi connectivity index (χ0) is 19.1. The lowest BCUT2D eigenvalue weighted by atomic mass is 9.96. The molecule has 142 valence electrons. The van der Waals surface area contributed by atoms with Crippen LogP contribution in [0.4, 0.5) is 4.39 Å². The molecule has 0 bridgehead atoms. The number of halogens is 1. The summed E-state index contributed by atoms with van der Waals surface area (Å²) < 4.78 is 17.4. The van der Waals surface area contributed by atoms with Gasteiger partial charge in [-0.25, -0.2) is 4.39 Å². The summed E-state index contributed by atoms with van der Waals surface area (Å²) in [6.45, 7) is 1.61. The average molecular weight is 377 g/mol. The lowest BCUT2D eigenvalue weighted by molar-refractivity contribution is -0.132. The second kappa shape index (κ2) is 6.74. The second-order valence-electron chi connectivity index (χ2n) is 7.29. The van der Waals surface area contributed by atoms with E-state index in [4.69, 9.17) is 0 Å². The van der Waals surface area contributed by atoms with Gasteiger partial charge < -0.3 is 9.47 Å². The van der Waals surface area contributed by atoms with Gasteiger partial charge in [-0.2, -0.15) is 0 Å². The molecule has 1 saturated heterocycles. The van der Waals surface area contributed by atoms with E-state index in [2.05, 4.69) is 10.2 Å². The van der Waals surface area contributed by atoms with E-state index in [9.17, 15) is 9.18 Å². The van der Waals surface area contributed by atoms with Crippen LogP contribution in [-0.2, 0) is 11.3 Å². The molecule has 7 heteroatoms. The van der Waals surface area contributed by atoms with Gasteiger partial charge in [0.25, 0.3) is 0 Å². The fourth-order valence-corrected chi connectivity index (χ4v) is 4.07. The van der Waals surface area contributed by atoms with E-state index < -0.39 is 0 Å². The van der Waals surface area contributed by atoms with E-state index in [0.29, 0.717) is 19.0 Å². The number of carbonyl (C=O) groups is 1. The molecule has 0 spiro atoms. The first-order valence-corrected chi connectivity index (χ1v) is 9.51. The molecule has 0 radical (unpaired) electrons. The predicted molar refractivity (Wildman–Crippen MR) is 103 cm³/mol. The van der Waals surface area contributed by atoms with Gasteiger partial charge in [0.15, 0.2) is 5.65 Å². The summed E-state index contributed by atoms with van der Waals surface area (Å²) in [5, 5.41) is 9.53. The molecular weight excluding hydrogens is 357 g/mol. The van der Waals surface area contributed by atoms with Crippen LogP contribution in [0.3, 0.4) is 0 Å². The molecule has 0 N–H and O–H groups in total. The van der Waals surface area contributed by atoms with Gasteiger partial charge in [-0.1, -0.05) is 6.07 Å². The van der Waals surface area contributed by atoms with Crippen LogP contribution in [0, 0.1) is 5.82 Å². The Kier molecular flexibility index (Phi) is 4.07. The van der Waals surface area contributed by atoms with Crippen molar-refractivity contribution in [3.8, 4) is 0 Å². The number of carbonyl (C=O) groups excluding carboxylic acids is 1. The number of aromatic nitrogens is 4. The van der Waals surface area contributed by atoms with Crippen molar-refractivity contribution in [1.82, 2.24) is 24.1 Å². The smallest absolute Gasteiger partial charge is 0.242 e. The molecule has 6 nitrogen and oxygen atoms in total. The minimum atomic E-state index is -0.291. The lowest BCUT2D eigenvalue weighted by Crippen LogP contribution is -2.40. The molecule has 4 aromatic rings. The average Bonchev–Trinajstić information content (AvgIpc) is 3.32. The normalized spacial score (nSPS) is 15.5. The summed E-state index contributed by atoms with van der Waals surface area (Å²) in [4.78, 5) is 14.7. The molecular formula is C21H20FN5O. The third-order valence-corrected chi connectivity index (χ3v) is 5.59. The first-order valence-electron chi connectivity index (χ1n) is 9.51. The Morgan fingerprint density at radius 3 is 2.79 bits per heavy atom. The summed E-state index contributed by atoms with van der Waals surface area (Å²) in [6, 6.07) is 12.4. The molecule has 1 fully saturated rings. The van der Waals surface area contributed by atoms with Crippen LogP contribution in [0.5, 0.6) is 0 Å². The molecule has 0 unspecified atom stereocenters. The Labute approximate surface area is 161 Å². The van der Waals surface area contributed by atoms with Crippen molar-refractivity contribution in [3.05, 3.63) is 66.5 Å². The van der Waals surface area contributed by atoms with Gasteiger partial charge in [0.1, 0.15) is 18.2 Å².